The maximum atomic E-state index is 9.46. The van der Waals surface area contributed by atoms with Crippen molar-refractivity contribution in [1.29, 1.82) is 5.26 Å². The van der Waals surface area contributed by atoms with Crippen molar-refractivity contribution in [2.24, 2.45) is 7.05 Å². The van der Waals surface area contributed by atoms with Gasteiger partial charge in [0.1, 0.15) is 11.6 Å². The van der Waals surface area contributed by atoms with E-state index in [1.54, 1.807) is 0 Å². The number of aromatic nitrogens is 4. The maximum absolute atomic E-state index is 9.46. The first-order valence-corrected chi connectivity index (χ1v) is 12.0. The van der Waals surface area contributed by atoms with Crippen LogP contribution in [0.5, 0.6) is 0 Å². The van der Waals surface area contributed by atoms with Gasteiger partial charge >= 0.3 is 0 Å². The molecule has 0 radical (unpaired) electrons. The smallest absolute Gasteiger partial charge is 0.140 e. The Hall–Kier alpha value is -4.69. The van der Waals surface area contributed by atoms with Gasteiger partial charge in [-0.1, -0.05) is 54.6 Å². The number of rotatable bonds is 4. The quantitative estimate of drug-likeness (QED) is 0.287. The van der Waals surface area contributed by atoms with E-state index in [2.05, 4.69) is 84.6 Å². The van der Waals surface area contributed by atoms with Crippen molar-refractivity contribution < 1.29 is 0 Å². The van der Waals surface area contributed by atoms with Crippen molar-refractivity contribution in [3.63, 3.8) is 0 Å². The van der Waals surface area contributed by atoms with E-state index in [0.717, 1.165) is 56.0 Å². The monoisotopic (exact) mass is 467 g/mol. The van der Waals surface area contributed by atoms with Gasteiger partial charge in [0.25, 0.3) is 0 Å². The topological polar surface area (TPSA) is 59.4 Å². The zero-order chi connectivity index (χ0) is 24.8. The summed E-state index contributed by atoms with van der Waals surface area (Å²) in [6.07, 6.45) is 0. The normalized spacial score (nSPS) is 11.3. The lowest BCUT2D eigenvalue weighted by atomic mass is 9.99. The van der Waals surface area contributed by atoms with Gasteiger partial charge in [0.15, 0.2) is 0 Å². The van der Waals surface area contributed by atoms with Crippen LogP contribution in [0.1, 0.15) is 22.5 Å². The van der Waals surface area contributed by atoms with Crippen molar-refractivity contribution in [2.75, 3.05) is 0 Å². The second kappa shape index (κ2) is 8.51. The summed E-state index contributed by atoms with van der Waals surface area (Å²) >= 11 is 0. The minimum absolute atomic E-state index is 0.687. The van der Waals surface area contributed by atoms with Crippen LogP contribution < -0.4 is 0 Å². The molecular formula is C31H25N5. The highest BCUT2D eigenvalue weighted by Gasteiger charge is 2.16. The van der Waals surface area contributed by atoms with Crippen LogP contribution in [0.3, 0.4) is 0 Å². The van der Waals surface area contributed by atoms with Crippen LogP contribution in [0.25, 0.3) is 44.6 Å². The number of aryl methyl sites for hydroxylation is 3. The average Bonchev–Trinajstić information content (AvgIpc) is 3.41. The third-order valence-electron chi connectivity index (χ3n) is 6.93. The molecule has 0 atom stereocenters. The highest BCUT2D eigenvalue weighted by atomic mass is 15.1. The number of hydrogen-bond acceptors (Lipinski definition) is 3. The first-order valence-electron chi connectivity index (χ1n) is 12.0. The number of nitriles is 1. The number of nitrogens with zero attached hydrogens (tertiary/aromatic N) is 5. The van der Waals surface area contributed by atoms with Crippen molar-refractivity contribution >= 4 is 22.1 Å². The van der Waals surface area contributed by atoms with Crippen molar-refractivity contribution in [2.45, 2.75) is 20.4 Å². The van der Waals surface area contributed by atoms with Crippen molar-refractivity contribution in [3.05, 3.63) is 107 Å². The molecule has 0 unspecified atom stereocenters. The van der Waals surface area contributed by atoms with Crippen LogP contribution in [-0.2, 0) is 13.6 Å². The predicted molar refractivity (Wildman–Crippen MR) is 145 cm³/mol. The Bertz CT molecular complexity index is 1800. The van der Waals surface area contributed by atoms with Crippen LogP contribution in [0.2, 0.25) is 0 Å². The molecule has 36 heavy (non-hydrogen) atoms. The molecule has 0 spiro atoms. The highest BCUT2D eigenvalue weighted by Crippen LogP contribution is 2.30. The number of fused-ring (bicyclic) bond motifs is 2. The van der Waals surface area contributed by atoms with Gasteiger partial charge < -0.3 is 9.13 Å². The minimum atomic E-state index is 0.687. The van der Waals surface area contributed by atoms with Gasteiger partial charge in [0, 0.05) is 19.2 Å². The molecular weight excluding hydrogens is 442 g/mol. The first kappa shape index (κ1) is 21.8. The van der Waals surface area contributed by atoms with Gasteiger partial charge in [-0.3, -0.25) is 0 Å². The summed E-state index contributed by atoms with van der Waals surface area (Å²) in [5.74, 6) is 1.93. The second-order valence-electron chi connectivity index (χ2n) is 9.24. The van der Waals surface area contributed by atoms with Crippen LogP contribution in [0, 0.1) is 25.2 Å². The van der Waals surface area contributed by atoms with Gasteiger partial charge in [0.05, 0.1) is 33.7 Å². The van der Waals surface area contributed by atoms with Crippen molar-refractivity contribution in [1.82, 2.24) is 19.1 Å². The Kier molecular flexibility index (Phi) is 5.16. The van der Waals surface area contributed by atoms with E-state index in [-0.39, 0.29) is 0 Å². The van der Waals surface area contributed by atoms with E-state index in [1.165, 1.54) is 5.56 Å². The fourth-order valence-electron chi connectivity index (χ4n) is 5.05. The largest absolute Gasteiger partial charge is 0.327 e. The average molecular weight is 468 g/mol. The van der Waals surface area contributed by atoms with E-state index in [1.807, 2.05) is 36.4 Å². The Labute approximate surface area is 209 Å². The SMILES string of the molecule is Cc1cc(-c2nc3ccccc3n2C)cc2c1nc(C)n2Cc1ccc(-c2ccccc2C#N)cc1. The number of para-hydroxylation sites is 2. The Morgan fingerprint density at radius 1 is 0.806 bits per heavy atom. The third kappa shape index (κ3) is 3.55. The molecule has 0 aliphatic heterocycles. The molecule has 0 N–H and O–H groups in total. The minimum Gasteiger partial charge on any atom is -0.327 e. The van der Waals surface area contributed by atoms with Crippen LogP contribution in [-0.4, -0.2) is 19.1 Å². The Balaban J connectivity index is 1.40. The van der Waals surface area contributed by atoms with Gasteiger partial charge in [0.2, 0.25) is 0 Å². The molecule has 6 aromatic rings. The highest BCUT2D eigenvalue weighted by molar-refractivity contribution is 5.87. The molecule has 6 rings (SSSR count). The first-order chi connectivity index (χ1) is 17.5. The molecule has 0 fully saturated rings. The van der Waals surface area contributed by atoms with Gasteiger partial charge in [-0.05, 0) is 66.4 Å². The van der Waals surface area contributed by atoms with Gasteiger partial charge in [-0.25, -0.2) is 9.97 Å². The summed E-state index contributed by atoms with van der Waals surface area (Å²) in [6.45, 7) is 4.90. The lowest BCUT2D eigenvalue weighted by Gasteiger charge is -2.11. The number of hydrogen-bond donors (Lipinski definition) is 0. The summed E-state index contributed by atoms with van der Waals surface area (Å²) in [4.78, 5) is 9.81. The Morgan fingerprint density at radius 2 is 1.56 bits per heavy atom. The summed E-state index contributed by atoms with van der Waals surface area (Å²) in [6, 6.07) is 31.1. The molecule has 0 aliphatic rings. The molecule has 174 valence electrons. The van der Waals surface area contributed by atoms with E-state index >= 15 is 0 Å². The van der Waals surface area contributed by atoms with E-state index < -0.39 is 0 Å². The zero-order valence-electron chi connectivity index (χ0n) is 20.5. The molecule has 0 amide bonds. The molecule has 5 heteroatoms. The third-order valence-corrected chi connectivity index (χ3v) is 6.93. The zero-order valence-corrected chi connectivity index (χ0v) is 20.5. The summed E-state index contributed by atoms with van der Waals surface area (Å²) < 4.78 is 4.42. The molecule has 4 aromatic carbocycles. The maximum Gasteiger partial charge on any atom is 0.140 e. The standard InChI is InChI=1S/C31H25N5/c1-20-16-25(31-34-27-10-6-7-11-28(27)35(31)3)17-29-30(20)33-21(2)36(29)19-22-12-14-23(15-13-22)26-9-5-4-8-24(26)18-32/h4-17H,19H2,1-3H3. The Morgan fingerprint density at radius 3 is 2.33 bits per heavy atom. The van der Waals surface area contributed by atoms with Gasteiger partial charge in [-0.15, -0.1) is 0 Å². The van der Waals surface area contributed by atoms with Crippen molar-refractivity contribution in [3.8, 4) is 28.6 Å². The summed E-state index contributed by atoms with van der Waals surface area (Å²) in [5.41, 5.74) is 10.3. The number of benzene rings is 4. The van der Waals surface area contributed by atoms with E-state index in [4.69, 9.17) is 9.97 Å². The molecule has 0 saturated carbocycles. The number of imidazole rings is 2. The molecule has 0 bridgehead atoms. The molecule has 5 nitrogen and oxygen atoms in total. The molecule has 2 aromatic heterocycles. The fourth-order valence-corrected chi connectivity index (χ4v) is 5.05. The predicted octanol–water partition coefficient (Wildman–Crippen LogP) is 6.79. The lowest BCUT2D eigenvalue weighted by Crippen LogP contribution is -2.02. The summed E-state index contributed by atoms with van der Waals surface area (Å²) in [7, 11) is 2.07. The molecule has 0 aliphatic carbocycles. The van der Waals surface area contributed by atoms with Crippen LogP contribution >= 0.6 is 0 Å². The van der Waals surface area contributed by atoms with Crippen LogP contribution in [0.15, 0.2) is 84.9 Å². The van der Waals surface area contributed by atoms with E-state index in [9.17, 15) is 5.26 Å². The summed E-state index contributed by atoms with van der Waals surface area (Å²) in [5, 5.41) is 9.46. The van der Waals surface area contributed by atoms with Gasteiger partial charge in [-0.2, -0.15) is 5.26 Å². The van der Waals surface area contributed by atoms with E-state index in [0.29, 0.717) is 12.1 Å². The lowest BCUT2D eigenvalue weighted by molar-refractivity contribution is 0.786. The fraction of sp³-hybridized carbons (Fsp3) is 0.129. The molecule has 0 saturated heterocycles. The second-order valence-corrected chi connectivity index (χ2v) is 9.24. The van der Waals surface area contributed by atoms with Crippen LogP contribution in [0.4, 0.5) is 0 Å². The molecule has 2 heterocycles.